The molecule has 1 aromatic carbocycles. The molecule has 0 aliphatic carbocycles. The lowest BCUT2D eigenvalue weighted by molar-refractivity contribution is -0.141. The van der Waals surface area contributed by atoms with Crippen LogP contribution >= 0.6 is 27.3 Å². The van der Waals surface area contributed by atoms with Crippen LogP contribution in [0.1, 0.15) is 22.7 Å². The van der Waals surface area contributed by atoms with E-state index < -0.39 is 6.04 Å². The van der Waals surface area contributed by atoms with Crippen LogP contribution in [0.5, 0.6) is 0 Å². The summed E-state index contributed by atoms with van der Waals surface area (Å²) in [7, 11) is 1.41. The summed E-state index contributed by atoms with van der Waals surface area (Å²) in [5.41, 5.74) is 0.876. The molecule has 1 unspecified atom stereocenters. The fourth-order valence-corrected chi connectivity index (χ4v) is 3.24. The van der Waals surface area contributed by atoms with Gasteiger partial charge in [-0.05, 0) is 36.8 Å². The Morgan fingerprint density at radius 1 is 1.40 bits per heavy atom. The maximum absolute atomic E-state index is 12.0. The molecule has 0 bridgehead atoms. The number of carbonyl (C=O) groups is 1. The minimum atomic E-state index is -0.473. The van der Waals surface area contributed by atoms with Crippen LogP contribution in [0.4, 0.5) is 5.69 Å². The number of benzene rings is 1. The number of carbonyl (C=O) groups excluding carboxylic acids is 1. The molecule has 0 saturated carbocycles. The maximum atomic E-state index is 12.0. The van der Waals surface area contributed by atoms with Gasteiger partial charge >= 0.3 is 5.97 Å². The number of halogens is 1. The summed E-state index contributed by atoms with van der Waals surface area (Å²) in [5, 5.41) is 3.23. The van der Waals surface area contributed by atoms with Gasteiger partial charge in [-0.25, -0.2) is 4.79 Å². The van der Waals surface area contributed by atoms with Crippen molar-refractivity contribution in [2.45, 2.75) is 19.4 Å². The van der Waals surface area contributed by atoms with Gasteiger partial charge in [0, 0.05) is 19.9 Å². The van der Waals surface area contributed by atoms with Crippen LogP contribution in [0, 0.1) is 0 Å². The first-order valence-electron chi connectivity index (χ1n) is 6.32. The van der Waals surface area contributed by atoms with E-state index in [0.29, 0.717) is 0 Å². The van der Waals surface area contributed by atoms with Crippen molar-refractivity contribution < 1.29 is 9.53 Å². The molecule has 1 aromatic heterocycles. The van der Waals surface area contributed by atoms with Crippen LogP contribution in [0.3, 0.4) is 0 Å². The van der Waals surface area contributed by atoms with Crippen molar-refractivity contribution in [3.8, 4) is 0 Å². The Bertz CT molecular complexity index is 597. The number of anilines is 1. The van der Waals surface area contributed by atoms with Gasteiger partial charge in [0.1, 0.15) is 0 Å². The monoisotopic (exact) mass is 353 g/mol. The van der Waals surface area contributed by atoms with Crippen molar-refractivity contribution in [1.82, 2.24) is 0 Å². The molecule has 2 rings (SSSR count). The molecule has 0 spiro atoms. The van der Waals surface area contributed by atoms with E-state index in [9.17, 15) is 4.79 Å². The lowest BCUT2D eigenvalue weighted by atomic mass is 10.2. The van der Waals surface area contributed by atoms with Crippen molar-refractivity contribution >= 4 is 38.9 Å². The molecule has 20 heavy (non-hydrogen) atoms. The second kappa shape index (κ2) is 6.90. The number of hydrogen-bond donors (Lipinski definition) is 1. The third kappa shape index (κ3) is 3.61. The Labute approximate surface area is 131 Å². The van der Waals surface area contributed by atoms with Crippen molar-refractivity contribution in [3.05, 3.63) is 50.6 Å². The summed E-state index contributed by atoms with van der Waals surface area (Å²) >= 11 is 5.06. The van der Waals surface area contributed by atoms with Crippen LogP contribution in [-0.2, 0) is 16.0 Å². The molecule has 1 heterocycles. The average Bonchev–Trinajstić information content (AvgIpc) is 2.92. The predicted molar refractivity (Wildman–Crippen MR) is 86.2 cm³/mol. The van der Waals surface area contributed by atoms with Crippen molar-refractivity contribution in [3.63, 3.8) is 0 Å². The zero-order valence-corrected chi connectivity index (χ0v) is 13.8. The van der Waals surface area contributed by atoms with Gasteiger partial charge in [-0.15, -0.1) is 11.3 Å². The summed E-state index contributed by atoms with van der Waals surface area (Å²) in [5.74, 6) is -0.283. The maximum Gasteiger partial charge on any atom is 0.333 e. The van der Waals surface area contributed by atoms with Gasteiger partial charge < -0.3 is 10.1 Å². The zero-order valence-electron chi connectivity index (χ0n) is 11.4. The lowest BCUT2D eigenvalue weighted by Gasteiger charge is -2.16. The van der Waals surface area contributed by atoms with Gasteiger partial charge in [0.25, 0.3) is 0 Å². The number of hydrogen-bond acceptors (Lipinski definition) is 4. The van der Waals surface area contributed by atoms with Crippen LogP contribution in [0.25, 0.3) is 0 Å². The SMILES string of the molecule is CCc1ccc(C(Nc2cccc(Br)c2)C(=O)OC)s1. The molecule has 2 aromatic rings. The highest BCUT2D eigenvalue weighted by atomic mass is 79.9. The van der Waals surface area contributed by atoms with E-state index in [1.807, 2.05) is 30.3 Å². The van der Waals surface area contributed by atoms with Crippen molar-refractivity contribution in [1.29, 1.82) is 0 Å². The number of rotatable bonds is 5. The number of esters is 1. The third-order valence-corrected chi connectivity index (χ3v) is 4.68. The van der Waals surface area contributed by atoms with Crippen LogP contribution in [0.2, 0.25) is 0 Å². The Morgan fingerprint density at radius 3 is 2.80 bits per heavy atom. The lowest BCUT2D eigenvalue weighted by Crippen LogP contribution is -2.21. The van der Waals surface area contributed by atoms with Crippen LogP contribution < -0.4 is 5.32 Å². The largest absolute Gasteiger partial charge is 0.467 e. The van der Waals surface area contributed by atoms with Crippen LogP contribution in [-0.4, -0.2) is 13.1 Å². The molecular weight excluding hydrogens is 338 g/mol. The number of nitrogens with one attached hydrogen (secondary N) is 1. The first-order chi connectivity index (χ1) is 9.63. The van der Waals surface area contributed by atoms with Gasteiger partial charge in [0.05, 0.1) is 7.11 Å². The predicted octanol–water partition coefficient (Wildman–Crippen LogP) is 4.40. The molecule has 106 valence electrons. The van der Waals surface area contributed by atoms with Gasteiger partial charge in [0.2, 0.25) is 0 Å². The summed E-state index contributed by atoms with van der Waals surface area (Å²) in [6.45, 7) is 2.10. The molecule has 5 heteroatoms. The average molecular weight is 354 g/mol. The molecule has 0 aliphatic heterocycles. The second-order valence-electron chi connectivity index (χ2n) is 4.27. The first kappa shape index (κ1) is 15.1. The molecule has 0 radical (unpaired) electrons. The molecule has 1 atom stereocenters. The summed E-state index contributed by atoms with van der Waals surface area (Å²) < 4.78 is 5.87. The van der Waals surface area contributed by atoms with Crippen molar-refractivity contribution in [2.75, 3.05) is 12.4 Å². The van der Waals surface area contributed by atoms with E-state index >= 15 is 0 Å². The van der Waals surface area contributed by atoms with Gasteiger partial charge in [-0.3, -0.25) is 0 Å². The standard InChI is InChI=1S/C15H16BrNO2S/c1-3-12-7-8-13(20-12)14(15(18)19-2)17-11-6-4-5-10(16)9-11/h4-9,14,17H,3H2,1-2H3. The molecule has 0 aliphatic rings. The quantitative estimate of drug-likeness (QED) is 0.809. The summed E-state index contributed by atoms with van der Waals surface area (Å²) in [6, 6.07) is 11.3. The Hall–Kier alpha value is -1.33. The second-order valence-corrected chi connectivity index (χ2v) is 6.38. The zero-order chi connectivity index (χ0) is 14.5. The fraction of sp³-hybridized carbons (Fsp3) is 0.267. The highest BCUT2D eigenvalue weighted by Crippen LogP contribution is 2.28. The van der Waals surface area contributed by atoms with Gasteiger partial charge in [-0.2, -0.15) is 0 Å². The first-order valence-corrected chi connectivity index (χ1v) is 7.93. The summed E-state index contributed by atoms with van der Waals surface area (Å²) in [6.07, 6.45) is 0.968. The van der Waals surface area contributed by atoms with Crippen molar-refractivity contribution in [2.24, 2.45) is 0 Å². The van der Waals surface area contributed by atoms with Gasteiger partial charge in [-0.1, -0.05) is 28.9 Å². The topological polar surface area (TPSA) is 38.3 Å². The third-order valence-electron chi connectivity index (χ3n) is 2.89. The van der Waals surface area contributed by atoms with E-state index in [1.165, 1.54) is 12.0 Å². The van der Waals surface area contributed by atoms with E-state index in [0.717, 1.165) is 21.5 Å². The number of methoxy groups -OCH3 is 1. The molecule has 3 nitrogen and oxygen atoms in total. The Kier molecular flexibility index (Phi) is 5.20. The van der Waals surface area contributed by atoms with E-state index in [2.05, 4.69) is 34.2 Å². The van der Waals surface area contributed by atoms with E-state index in [1.54, 1.807) is 11.3 Å². The molecule has 1 N–H and O–H groups in total. The molecule has 0 saturated heterocycles. The summed E-state index contributed by atoms with van der Waals surface area (Å²) in [4.78, 5) is 14.2. The Morgan fingerprint density at radius 2 is 2.20 bits per heavy atom. The smallest absolute Gasteiger partial charge is 0.333 e. The molecule has 0 fully saturated rings. The molecule has 0 amide bonds. The molecular formula is C15H16BrNO2S. The Balaban J connectivity index is 2.26. The van der Waals surface area contributed by atoms with E-state index in [-0.39, 0.29) is 5.97 Å². The fourth-order valence-electron chi connectivity index (χ4n) is 1.85. The van der Waals surface area contributed by atoms with E-state index in [4.69, 9.17) is 4.74 Å². The highest BCUT2D eigenvalue weighted by Gasteiger charge is 2.23. The minimum Gasteiger partial charge on any atom is -0.467 e. The number of ether oxygens (including phenoxy) is 1. The minimum absolute atomic E-state index is 0.283. The van der Waals surface area contributed by atoms with Gasteiger partial charge in [0.15, 0.2) is 6.04 Å². The number of aryl methyl sites for hydroxylation is 1. The normalized spacial score (nSPS) is 11.9. The highest BCUT2D eigenvalue weighted by molar-refractivity contribution is 9.10. The van der Waals surface area contributed by atoms with Crippen LogP contribution in [0.15, 0.2) is 40.9 Å². The number of thiophene rings is 1.